The van der Waals surface area contributed by atoms with Gasteiger partial charge in [-0.2, -0.15) is 4.98 Å². The van der Waals surface area contributed by atoms with E-state index in [4.69, 9.17) is 8.94 Å². The molecular formula is C15H13N3O3. The van der Waals surface area contributed by atoms with Gasteiger partial charge >= 0.3 is 0 Å². The Hall–Kier alpha value is -2.89. The third kappa shape index (κ3) is 2.84. The Morgan fingerprint density at radius 3 is 2.71 bits per heavy atom. The van der Waals surface area contributed by atoms with Crippen molar-refractivity contribution in [1.82, 2.24) is 15.5 Å². The van der Waals surface area contributed by atoms with Gasteiger partial charge in [0.2, 0.25) is 11.7 Å². The van der Waals surface area contributed by atoms with Crippen LogP contribution in [0.25, 0.3) is 11.4 Å². The molecule has 0 bridgehead atoms. The number of amides is 1. The van der Waals surface area contributed by atoms with E-state index in [9.17, 15) is 4.79 Å². The number of carbonyl (C=O) groups is 1. The average molecular weight is 283 g/mol. The maximum atomic E-state index is 11.9. The third-order valence-corrected chi connectivity index (χ3v) is 2.94. The van der Waals surface area contributed by atoms with Crippen molar-refractivity contribution in [2.24, 2.45) is 0 Å². The van der Waals surface area contributed by atoms with Gasteiger partial charge in [-0.3, -0.25) is 4.79 Å². The van der Waals surface area contributed by atoms with E-state index in [-0.39, 0.29) is 11.7 Å². The van der Waals surface area contributed by atoms with Gasteiger partial charge in [0.05, 0.1) is 6.26 Å². The lowest BCUT2D eigenvalue weighted by molar-refractivity contribution is 0.0904. The van der Waals surface area contributed by atoms with Crippen molar-refractivity contribution in [3.8, 4) is 11.4 Å². The molecule has 6 nitrogen and oxygen atoms in total. The lowest BCUT2D eigenvalue weighted by atomic mass is 10.2. The summed E-state index contributed by atoms with van der Waals surface area (Å²) in [6.07, 6.45) is 1.44. The number of carbonyl (C=O) groups excluding carboxylic acids is 1. The topological polar surface area (TPSA) is 81.2 Å². The van der Waals surface area contributed by atoms with Crippen LogP contribution in [-0.2, 0) is 0 Å². The third-order valence-electron chi connectivity index (χ3n) is 2.94. The van der Waals surface area contributed by atoms with Gasteiger partial charge in [0.15, 0.2) is 5.76 Å². The van der Waals surface area contributed by atoms with Crippen molar-refractivity contribution < 1.29 is 13.7 Å². The molecule has 0 saturated heterocycles. The standard InChI is InChI=1S/C15H13N3O3/c1-10(16-14(19)12-8-5-9-20-12)15-17-13(18-21-15)11-6-3-2-4-7-11/h2-10H,1H3,(H,16,19)/t10-/m1/s1. The number of benzene rings is 1. The van der Waals surface area contributed by atoms with Crippen LogP contribution in [0.15, 0.2) is 57.7 Å². The van der Waals surface area contributed by atoms with E-state index in [1.54, 1.807) is 19.1 Å². The van der Waals surface area contributed by atoms with E-state index in [1.165, 1.54) is 6.26 Å². The van der Waals surface area contributed by atoms with Crippen molar-refractivity contribution in [2.45, 2.75) is 13.0 Å². The molecule has 0 aliphatic rings. The highest BCUT2D eigenvalue weighted by Gasteiger charge is 2.19. The maximum absolute atomic E-state index is 11.9. The van der Waals surface area contributed by atoms with Gasteiger partial charge in [-0.05, 0) is 19.1 Å². The van der Waals surface area contributed by atoms with Crippen LogP contribution < -0.4 is 5.32 Å². The van der Waals surface area contributed by atoms with E-state index in [0.717, 1.165) is 5.56 Å². The van der Waals surface area contributed by atoms with E-state index < -0.39 is 6.04 Å². The molecule has 1 N–H and O–H groups in total. The van der Waals surface area contributed by atoms with E-state index in [0.29, 0.717) is 11.7 Å². The first-order valence-electron chi connectivity index (χ1n) is 6.47. The summed E-state index contributed by atoms with van der Waals surface area (Å²) < 4.78 is 10.2. The van der Waals surface area contributed by atoms with Crippen LogP contribution >= 0.6 is 0 Å². The summed E-state index contributed by atoms with van der Waals surface area (Å²) in [5.41, 5.74) is 0.858. The van der Waals surface area contributed by atoms with Gasteiger partial charge in [0, 0.05) is 5.56 Å². The van der Waals surface area contributed by atoms with Gasteiger partial charge in [0.25, 0.3) is 5.91 Å². The van der Waals surface area contributed by atoms with Crippen LogP contribution in [0, 0.1) is 0 Å². The number of hydrogen-bond acceptors (Lipinski definition) is 5. The molecule has 2 heterocycles. The molecule has 1 aromatic carbocycles. The van der Waals surface area contributed by atoms with Crippen molar-refractivity contribution >= 4 is 5.91 Å². The van der Waals surface area contributed by atoms with Crippen molar-refractivity contribution in [2.75, 3.05) is 0 Å². The fourth-order valence-electron chi connectivity index (χ4n) is 1.85. The number of rotatable bonds is 4. The van der Waals surface area contributed by atoms with Crippen LogP contribution in [0.4, 0.5) is 0 Å². The molecule has 1 atom stereocenters. The second kappa shape index (κ2) is 5.62. The Bertz CT molecular complexity index is 720. The predicted octanol–water partition coefficient (Wildman–Crippen LogP) is 2.82. The molecule has 0 aliphatic carbocycles. The Balaban J connectivity index is 1.73. The summed E-state index contributed by atoms with van der Waals surface area (Å²) in [5, 5.41) is 6.65. The molecular weight excluding hydrogens is 270 g/mol. The normalized spacial score (nSPS) is 12.0. The Morgan fingerprint density at radius 2 is 2.00 bits per heavy atom. The van der Waals surface area contributed by atoms with Crippen LogP contribution in [0.3, 0.4) is 0 Å². The first kappa shape index (κ1) is 13.1. The van der Waals surface area contributed by atoms with E-state index >= 15 is 0 Å². The fraction of sp³-hybridized carbons (Fsp3) is 0.133. The molecule has 0 fully saturated rings. The number of nitrogens with zero attached hydrogens (tertiary/aromatic N) is 2. The lowest BCUT2D eigenvalue weighted by Crippen LogP contribution is -2.26. The SMILES string of the molecule is C[C@@H](NC(=O)c1ccco1)c1nc(-c2ccccc2)no1. The molecule has 3 aromatic rings. The summed E-state index contributed by atoms with van der Waals surface area (Å²) in [6.45, 7) is 1.77. The largest absolute Gasteiger partial charge is 0.459 e. The van der Waals surface area contributed by atoms with Crippen LogP contribution in [-0.4, -0.2) is 16.0 Å². The number of nitrogens with one attached hydrogen (secondary N) is 1. The number of furan rings is 1. The quantitative estimate of drug-likeness (QED) is 0.796. The maximum Gasteiger partial charge on any atom is 0.287 e. The molecule has 6 heteroatoms. The zero-order valence-corrected chi connectivity index (χ0v) is 11.3. The second-order valence-electron chi connectivity index (χ2n) is 4.49. The van der Waals surface area contributed by atoms with Crippen molar-refractivity contribution in [1.29, 1.82) is 0 Å². The molecule has 106 valence electrons. The van der Waals surface area contributed by atoms with Gasteiger partial charge in [-0.1, -0.05) is 35.5 Å². The van der Waals surface area contributed by atoms with Gasteiger partial charge in [0.1, 0.15) is 6.04 Å². The fourth-order valence-corrected chi connectivity index (χ4v) is 1.85. The minimum Gasteiger partial charge on any atom is -0.459 e. The second-order valence-corrected chi connectivity index (χ2v) is 4.49. The molecule has 0 radical (unpaired) electrons. The highest BCUT2D eigenvalue weighted by atomic mass is 16.5. The van der Waals surface area contributed by atoms with Gasteiger partial charge < -0.3 is 14.3 Å². The van der Waals surface area contributed by atoms with Crippen molar-refractivity contribution in [3.05, 3.63) is 60.4 Å². The molecule has 1 amide bonds. The monoisotopic (exact) mass is 283 g/mol. The average Bonchev–Trinajstić information content (AvgIpc) is 3.20. The first-order valence-corrected chi connectivity index (χ1v) is 6.47. The molecule has 3 rings (SSSR count). The Kier molecular flexibility index (Phi) is 3.51. The van der Waals surface area contributed by atoms with Gasteiger partial charge in [-0.15, -0.1) is 0 Å². The minimum absolute atomic E-state index is 0.240. The van der Waals surface area contributed by atoms with Crippen LogP contribution in [0.5, 0.6) is 0 Å². The van der Waals surface area contributed by atoms with Crippen molar-refractivity contribution in [3.63, 3.8) is 0 Å². The minimum atomic E-state index is -0.410. The number of aromatic nitrogens is 2. The summed E-state index contributed by atoms with van der Waals surface area (Å²) in [7, 11) is 0. The van der Waals surface area contributed by atoms with Crippen LogP contribution in [0.1, 0.15) is 29.4 Å². The zero-order chi connectivity index (χ0) is 14.7. The molecule has 0 saturated carbocycles. The van der Waals surface area contributed by atoms with E-state index in [1.807, 2.05) is 30.3 Å². The lowest BCUT2D eigenvalue weighted by Gasteiger charge is -2.07. The Labute approximate surface area is 120 Å². The molecule has 0 aliphatic heterocycles. The molecule has 0 spiro atoms. The smallest absolute Gasteiger partial charge is 0.287 e. The van der Waals surface area contributed by atoms with Gasteiger partial charge in [-0.25, -0.2) is 0 Å². The summed E-state index contributed by atoms with van der Waals surface area (Å²) in [4.78, 5) is 16.2. The highest BCUT2D eigenvalue weighted by molar-refractivity contribution is 5.91. The van der Waals surface area contributed by atoms with E-state index in [2.05, 4.69) is 15.5 Å². The number of hydrogen-bond donors (Lipinski definition) is 1. The first-order chi connectivity index (χ1) is 10.2. The summed E-state index contributed by atoms with van der Waals surface area (Å²) >= 11 is 0. The highest BCUT2D eigenvalue weighted by Crippen LogP contribution is 2.18. The summed E-state index contributed by atoms with van der Waals surface area (Å²) in [6, 6.07) is 12.3. The summed E-state index contributed by atoms with van der Waals surface area (Å²) in [5.74, 6) is 0.745. The van der Waals surface area contributed by atoms with Crippen LogP contribution in [0.2, 0.25) is 0 Å². The Morgan fingerprint density at radius 1 is 1.19 bits per heavy atom. The molecule has 0 unspecified atom stereocenters. The molecule has 21 heavy (non-hydrogen) atoms. The predicted molar refractivity (Wildman–Crippen MR) is 74.3 cm³/mol. The zero-order valence-electron chi connectivity index (χ0n) is 11.3. The molecule has 2 aromatic heterocycles.